The number of piperidine rings is 1. The first-order valence-electron chi connectivity index (χ1n) is 9.52. The van der Waals surface area contributed by atoms with Crippen LogP contribution in [0.5, 0.6) is 0 Å². The van der Waals surface area contributed by atoms with E-state index in [0.717, 1.165) is 16.8 Å². The molecular weight excluding hydrogens is 415 g/mol. The molecule has 0 atom stereocenters. The zero-order chi connectivity index (χ0) is 21.4. The van der Waals surface area contributed by atoms with E-state index < -0.39 is 21.8 Å². The molecule has 1 aliphatic rings. The minimum Gasteiger partial charge on any atom is -0.356 e. The van der Waals surface area contributed by atoms with Gasteiger partial charge >= 0.3 is 6.18 Å². The Kier molecular flexibility index (Phi) is 5.42. The molecule has 1 fully saturated rings. The Labute approximate surface area is 172 Å². The van der Waals surface area contributed by atoms with Gasteiger partial charge in [-0.1, -0.05) is 30.3 Å². The summed E-state index contributed by atoms with van der Waals surface area (Å²) in [7, 11) is -3.73. The average molecular weight is 435 g/mol. The molecule has 0 aliphatic carbocycles. The van der Waals surface area contributed by atoms with E-state index in [2.05, 4.69) is 9.71 Å². The topological polar surface area (TPSA) is 62.3 Å². The lowest BCUT2D eigenvalue weighted by atomic mass is 10.1. The summed E-state index contributed by atoms with van der Waals surface area (Å²) >= 11 is 0. The molecule has 4 rings (SSSR count). The Morgan fingerprint density at radius 1 is 0.967 bits per heavy atom. The van der Waals surface area contributed by atoms with Crippen molar-refractivity contribution in [3.05, 3.63) is 66.4 Å². The number of fused-ring (bicyclic) bond motifs is 1. The fourth-order valence-corrected chi connectivity index (χ4v) is 5.04. The van der Waals surface area contributed by atoms with Crippen LogP contribution >= 0.6 is 0 Å². The van der Waals surface area contributed by atoms with Gasteiger partial charge in [-0.25, -0.2) is 18.1 Å². The van der Waals surface area contributed by atoms with E-state index in [1.165, 1.54) is 12.3 Å². The third-order valence-electron chi connectivity index (χ3n) is 5.24. The molecule has 5 nitrogen and oxygen atoms in total. The van der Waals surface area contributed by atoms with Crippen molar-refractivity contribution in [3.63, 3.8) is 0 Å². The number of nitrogens with zero attached hydrogens (tertiary/aromatic N) is 2. The van der Waals surface area contributed by atoms with Gasteiger partial charge in [0.25, 0.3) is 0 Å². The van der Waals surface area contributed by atoms with Crippen molar-refractivity contribution in [3.8, 4) is 0 Å². The van der Waals surface area contributed by atoms with Crippen LogP contribution in [0.1, 0.15) is 18.4 Å². The van der Waals surface area contributed by atoms with Crippen molar-refractivity contribution in [2.24, 2.45) is 0 Å². The fourth-order valence-electron chi connectivity index (χ4n) is 3.70. The van der Waals surface area contributed by atoms with Crippen LogP contribution < -0.4 is 9.62 Å². The van der Waals surface area contributed by atoms with Crippen LogP contribution in [0.3, 0.4) is 0 Å². The monoisotopic (exact) mass is 435 g/mol. The first-order valence-corrected chi connectivity index (χ1v) is 11.0. The standard InChI is InChI=1S/C21H20F3N3O2S/c22-21(23,24)19-6-3-11-25-20(19)27-12-9-17(10-13-27)26-30(28,29)18-8-7-15-4-1-2-5-16(15)14-18/h1-8,11,14,17,26H,9-10,12-13H2. The summed E-state index contributed by atoms with van der Waals surface area (Å²) in [5.74, 6) is -0.110. The number of benzene rings is 2. The maximum atomic E-state index is 13.2. The van der Waals surface area contributed by atoms with Crippen LogP contribution in [0.15, 0.2) is 65.7 Å². The average Bonchev–Trinajstić information content (AvgIpc) is 2.73. The predicted octanol–water partition coefficient (Wildman–Crippen LogP) is 4.20. The van der Waals surface area contributed by atoms with E-state index in [0.29, 0.717) is 12.8 Å². The number of aromatic nitrogens is 1. The highest BCUT2D eigenvalue weighted by atomic mass is 32.2. The second-order valence-electron chi connectivity index (χ2n) is 7.26. The lowest BCUT2D eigenvalue weighted by molar-refractivity contribution is -0.137. The van der Waals surface area contributed by atoms with Crippen molar-refractivity contribution >= 4 is 26.6 Å². The van der Waals surface area contributed by atoms with Crippen LogP contribution in [-0.2, 0) is 16.2 Å². The van der Waals surface area contributed by atoms with E-state index in [1.807, 2.05) is 24.3 Å². The number of alkyl halides is 3. The second kappa shape index (κ2) is 7.88. The molecule has 1 aliphatic heterocycles. The Bertz CT molecular complexity index is 1160. The smallest absolute Gasteiger partial charge is 0.356 e. The van der Waals surface area contributed by atoms with E-state index in [4.69, 9.17) is 0 Å². The zero-order valence-corrected chi connectivity index (χ0v) is 16.7. The molecule has 0 bridgehead atoms. The molecule has 158 valence electrons. The van der Waals surface area contributed by atoms with Crippen molar-refractivity contribution in [2.75, 3.05) is 18.0 Å². The minimum absolute atomic E-state index is 0.110. The van der Waals surface area contributed by atoms with Gasteiger partial charge in [0.1, 0.15) is 5.82 Å². The molecular formula is C21H20F3N3O2S. The van der Waals surface area contributed by atoms with Crippen molar-refractivity contribution < 1.29 is 21.6 Å². The number of hydrogen-bond donors (Lipinski definition) is 1. The molecule has 1 N–H and O–H groups in total. The van der Waals surface area contributed by atoms with E-state index in [-0.39, 0.29) is 29.8 Å². The molecule has 3 aromatic rings. The van der Waals surface area contributed by atoms with Crippen LogP contribution in [0, 0.1) is 0 Å². The van der Waals surface area contributed by atoms with Gasteiger partial charge in [-0.3, -0.25) is 0 Å². The minimum atomic E-state index is -4.49. The van der Waals surface area contributed by atoms with Crippen molar-refractivity contribution in [2.45, 2.75) is 30.0 Å². The SMILES string of the molecule is O=S(=O)(NC1CCN(c2ncccc2C(F)(F)F)CC1)c1ccc2ccccc2c1. The molecule has 2 heterocycles. The third kappa shape index (κ3) is 4.27. The van der Waals surface area contributed by atoms with Gasteiger partial charge in [0.05, 0.1) is 10.5 Å². The normalized spacial score (nSPS) is 16.2. The highest BCUT2D eigenvalue weighted by Crippen LogP contribution is 2.36. The van der Waals surface area contributed by atoms with Crippen molar-refractivity contribution in [1.29, 1.82) is 0 Å². The summed E-state index contributed by atoms with van der Waals surface area (Å²) in [5.41, 5.74) is -0.778. The largest absolute Gasteiger partial charge is 0.419 e. The summed E-state index contributed by atoms with van der Waals surface area (Å²) in [4.78, 5) is 5.65. The Balaban J connectivity index is 1.46. The number of sulfonamides is 1. The summed E-state index contributed by atoms with van der Waals surface area (Å²) in [6, 6.07) is 14.3. The number of halogens is 3. The third-order valence-corrected chi connectivity index (χ3v) is 6.76. The highest BCUT2D eigenvalue weighted by Gasteiger charge is 2.36. The lowest BCUT2D eigenvalue weighted by Crippen LogP contribution is -2.45. The summed E-state index contributed by atoms with van der Waals surface area (Å²) < 4.78 is 68.0. The van der Waals surface area contributed by atoms with Gasteiger partial charge in [-0.15, -0.1) is 0 Å². The van der Waals surface area contributed by atoms with Crippen LogP contribution in [0.25, 0.3) is 10.8 Å². The molecule has 2 aromatic carbocycles. The quantitative estimate of drug-likeness (QED) is 0.667. The number of pyridine rings is 1. The van der Waals surface area contributed by atoms with E-state index >= 15 is 0 Å². The zero-order valence-electron chi connectivity index (χ0n) is 15.9. The molecule has 30 heavy (non-hydrogen) atoms. The number of nitrogens with one attached hydrogen (secondary N) is 1. The molecule has 0 unspecified atom stereocenters. The molecule has 0 radical (unpaired) electrons. The fraction of sp³-hybridized carbons (Fsp3) is 0.286. The van der Waals surface area contributed by atoms with Crippen LogP contribution in [0.2, 0.25) is 0 Å². The van der Waals surface area contributed by atoms with Gasteiger partial charge in [-0.05, 0) is 47.9 Å². The summed E-state index contributed by atoms with van der Waals surface area (Å²) in [5, 5.41) is 1.77. The van der Waals surface area contributed by atoms with E-state index in [9.17, 15) is 21.6 Å². The first-order chi connectivity index (χ1) is 14.2. The number of rotatable bonds is 4. The molecule has 0 amide bonds. The van der Waals surface area contributed by atoms with Gasteiger partial charge < -0.3 is 4.90 Å². The first kappa shape index (κ1) is 20.6. The van der Waals surface area contributed by atoms with E-state index in [1.54, 1.807) is 23.1 Å². The Hall–Kier alpha value is -2.65. The van der Waals surface area contributed by atoms with Gasteiger partial charge in [0.15, 0.2) is 0 Å². The summed E-state index contributed by atoms with van der Waals surface area (Å²) in [6.45, 7) is 0.565. The van der Waals surface area contributed by atoms with Gasteiger partial charge in [0.2, 0.25) is 10.0 Å². The Morgan fingerprint density at radius 3 is 2.37 bits per heavy atom. The van der Waals surface area contributed by atoms with Gasteiger partial charge in [0, 0.05) is 25.3 Å². The molecule has 0 spiro atoms. The molecule has 1 saturated heterocycles. The maximum absolute atomic E-state index is 13.2. The molecule has 1 aromatic heterocycles. The number of hydrogen-bond acceptors (Lipinski definition) is 4. The maximum Gasteiger partial charge on any atom is 0.419 e. The van der Waals surface area contributed by atoms with Crippen molar-refractivity contribution in [1.82, 2.24) is 9.71 Å². The van der Waals surface area contributed by atoms with Crippen LogP contribution in [0.4, 0.5) is 19.0 Å². The molecule has 9 heteroatoms. The molecule has 0 saturated carbocycles. The second-order valence-corrected chi connectivity index (χ2v) is 8.98. The highest BCUT2D eigenvalue weighted by molar-refractivity contribution is 7.89. The van der Waals surface area contributed by atoms with Gasteiger partial charge in [-0.2, -0.15) is 13.2 Å². The lowest BCUT2D eigenvalue weighted by Gasteiger charge is -2.34. The predicted molar refractivity (Wildman–Crippen MR) is 109 cm³/mol. The Morgan fingerprint density at radius 2 is 1.67 bits per heavy atom. The number of anilines is 1. The van der Waals surface area contributed by atoms with Crippen LogP contribution in [-0.4, -0.2) is 32.5 Å². The summed E-state index contributed by atoms with van der Waals surface area (Å²) in [6.07, 6.45) is -2.38.